The van der Waals surface area contributed by atoms with Crippen LogP contribution < -0.4 is 0 Å². The van der Waals surface area contributed by atoms with Gasteiger partial charge in [0.25, 0.3) is 0 Å². The fraction of sp³-hybridized carbons (Fsp3) is 0.769. The third-order valence-electron chi connectivity index (χ3n) is 3.00. The van der Waals surface area contributed by atoms with Crippen LogP contribution in [0.25, 0.3) is 0 Å². The van der Waals surface area contributed by atoms with E-state index in [1.54, 1.807) is 0 Å². The molecular weight excluding hydrogens is 284 g/mol. The molecule has 1 aliphatic heterocycles. The Morgan fingerprint density at radius 1 is 1.19 bits per heavy atom. The molecule has 8 nitrogen and oxygen atoms in total. The molecule has 0 aromatic carbocycles. The number of ether oxygens (including phenoxy) is 3. The molecule has 8 heteroatoms. The van der Waals surface area contributed by atoms with Gasteiger partial charge in [-0.15, -0.1) is 0 Å². The summed E-state index contributed by atoms with van der Waals surface area (Å²) in [6.45, 7) is 4.68. The molecule has 1 aliphatic rings. The molecular formula is C13H22O8. The third kappa shape index (κ3) is 5.03. The molecule has 0 amide bonds. The Bertz CT molecular complexity index is 356. The summed E-state index contributed by atoms with van der Waals surface area (Å²) in [4.78, 5) is 11.1. The average molecular weight is 306 g/mol. The number of esters is 1. The van der Waals surface area contributed by atoms with Crippen molar-refractivity contribution in [1.29, 1.82) is 0 Å². The highest BCUT2D eigenvalue weighted by Crippen LogP contribution is 2.21. The van der Waals surface area contributed by atoms with Gasteiger partial charge < -0.3 is 34.6 Å². The van der Waals surface area contributed by atoms with E-state index in [1.807, 2.05) is 0 Å². The first kappa shape index (κ1) is 18.0. The lowest BCUT2D eigenvalue weighted by Gasteiger charge is -2.39. The zero-order valence-electron chi connectivity index (χ0n) is 11.8. The van der Waals surface area contributed by atoms with Gasteiger partial charge in [0.2, 0.25) is 0 Å². The van der Waals surface area contributed by atoms with Gasteiger partial charge in [-0.1, -0.05) is 6.58 Å². The molecule has 1 rings (SSSR count). The van der Waals surface area contributed by atoms with E-state index >= 15 is 0 Å². The number of carbonyl (C=O) groups is 1. The van der Waals surface area contributed by atoms with Crippen molar-refractivity contribution >= 4 is 5.97 Å². The molecule has 1 fully saturated rings. The molecule has 1 heterocycles. The number of aliphatic hydroxyl groups excluding tert-OH is 4. The third-order valence-corrected chi connectivity index (χ3v) is 3.00. The van der Waals surface area contributed by atoms with Gasteiger partial charge in [-0.2, -0.15) is 0 Å². The molecule has 122 valence electrons. The second kappa shape index (κ2) is 8.42. The van der Waals surface area contributed by atoms with Crippen LogP contribution >= 0.6 is 0 Å². The van der Waals surface area contributed by atoms with Gasteiger partial charge in [0.15, 0.2) is 6.29 Å². The van der Waals surface area contributed by atoms with Crippen molar-refractivity contribution in [2.75, 3.05) is 19.8 Å². The number of hydrogen-bond donors (Lipinski definition) is 4. The Morgan fingerprint density at radius 2 is 1.86 bits per heavy atom. The van der Waals surface area contributed by atoms with Crippen LogP contribution in [0.5, 0.6) is 0 Å². The van der Waals surface area contributed by atoms with E-state index in [9.17, 15) is 20.1 Å². The largest absolute Gasteiger partial charge is 0.462 e. The topological polar surface area (TPSA) is 126 Å². The number of aliphatic hydroxyl groups is 4. The van der Waals surface area contributed by atoms with Crippen LogP contribution in [-0.2, 0) is 19.0 Å². The van der Waals surface area contributed by atoms with Crippen molar-refractivity contribution in [2.24, 2.45) is 0 Å². The minimum Gasteiger partial charge on any atom is -0.462 e. The lowest BCUT2D eigenvalue weighted by Crippen LogP contribution is -2.59. The Labute approximate surface area is 122 Å². The maximum absolute atomic E-state index is 11.1. The summed E-state index contributed by atoms with van der Waals surface area (Å²) in [6, 6.07) is 0. The second-order valence-corrected chi connectivity index (χ2v) is 4.84. The van der Waals surface area contributed by atoms with E-state index in [1.165, 1.54) is 6.92 Å². The minimum absolute atomic E-state index is 0.103. The van der Waals surface area contributed by atoms with E-state index in [2.05, 4.69) is 6.58 Å². The molecule has 5 atom stereocenters. The van der Waals surface area contributed by atoms with E-state index in [0.29, 0.717) is 12.0 Å². The fourth-order valence-corrected chi connectivity index (χ4v) is 1.75. The first-order valence-electron chi connectivity index (χ1n) is 6.63. The monoisotopic (exact) mass is 306 g/mol. The standard InChI is InChI=1S/C13H22O8/c1-7(2)12(18)19-4-3-5-20-13-11(17)10(16)9(15)8(6-14)21-13/h8-11,13-17H,1,3-6H2,2H3/t8-,9-,10+,11+,13?/m1/s1. The molecule has 1 saturated heterocycles. The Morgan fingerprint density at radius 3 is 2.43 bits per heavy atom. The van der Waals surface area contributed by atoms with Crippen molar-refractivity contribution in [1.82, 2.24) is 0 Å². The normalized spacial score (nSPS) is 32.7. The summed E-state index contributed by atoms with van der Waals surface area (Å²) < 4.78 is 15.2. The van der Waals surface area contributed by atoms with Crippen LogP contribution in [0.3, 0.4) is 0 Å². The van der Waals surface area contributed by atoms with Crippen LogP contribution in [-0.4, -0.2) is 76.9 Å². The summed E-state index contributed by atoms with van der Waals surface area (Å²) in [5, 5.41) is 37.8. The molecule has 0 aliphatic carbocycles. The van der Waals surface area contributed by atoms with Crippen LogP contribution in [0.2, 0.25) is 0 Å². The maximum atomic E-state index is 11.1. The summed E-state index contributed by atoms with van der Waals surface area (Å²) in [5.41, 5.74) is 0.296. The highest BCUT2D eigenvalue weighted by molar-refractivity contribution is 5.86. The van der Waals surface area contributed by atoms with E-state index in [-0.39, 0.29) is 13.2 Å². The maximum Gasteiger partial charge on any atom is 0.333 e. The highest BCUT2D eigenvalue weighted by atomic mass is 16.7. The molecule has 0 spiro atoms. The second-order valence-electron chi connectivity index (χ2n) is 4.84. The van der Waals surface area contributed by atoms with Gasteiger partial charge in [-0.05, 0) is 6.92 Å². The molecule has 21 heavy (non-hydrogen) atoms. The van der Waals surface area contributed by atoms with E-state index in [0.717, 1.165) is 0 Å². The molecule has 0 radical (unpaired) electrons. The minimum atomic E-state index is -1.47. The molecule has 1 unspecified atom stereocenters. The van der Waals surface area contributed by atoms with Gasteiger partial charge in [-0.25, -0.2) is 4.79 Å². The summed E-state index contributed by atoms with van der Waals surface area (Å²) in [7, 11) is 0. The molecule has 0 bridgehead atoms. The molecule has 4 N–H and O–H groups in total. The van der Waals surface area contributed by atoms with Gasteiger partial charge in [-0.3, -0.25) is 0 Å². The molecule has 0 aromatic heterocycles. The zero-order valence-corrected chi connectivity index (χ0v) is 11.8. The lowest BCUT2D eigenvalue weighted by molar-refractivity contribution is -0.301. The fourth-order valence-electron chi connectivity index (χ4n) is 1.75. The van der Waals surface area contributed by atoms with Crippen molar-refractivity contribution in [3.05, 3.63) is 12.2 Å². The number of rotatable bonds is 7. The Balaban J connectivity index is 2.31. The van der Waals surface area contributed by atoms with Gasteiger partial charge >= 0.3 is 5.97 Å². The van der Waals surface area contributed by atoms with Crippen LogP contribution in [0.1, 0.15) is 13.3 Å². The average Bonchev–Trinajstić information content (AvgIpc) is 2.46. The molecule has 0 aromatic rings. The van der Waals surface area contributed by atoms with Gasteiger partial charge in [0.1, 0.15) is 24.4 Å². The predicted octanol–water partition coefficient (Wildman–Crippen LogP) is -1.69. The predicted molar refractivity (Wildman–Crippen MR) is 70.1 cm³/mol. The summed E-state index contributed by atoms with van der Waals surface area (Å²) in [6.07, 6.45) is -6.13. The van der Waals surface area contributed by atoms with Gasteiger partial charge in [0.05, 0.1) is 19.8 Å². The summed E-state index contributed by atoms with van der Waals surface area (Å²) >= 11 is 0. The quantitative estimate of drug-likeness (QED) is 0.249. The van der Waals surface area contributed by atoms with Crippen LogP contribution in [0.15, 0.2) is 12.2 Å². The van der Waals surface area contributed by atoms with Crippen molar-refractivity contribution in [3.63, 3.8) is 0 Å². The summed E-state index contributed by atoms with van der Waals surface area (Å²) in [5.74, 6) is -0.497. The zero-order chi connectivity index (χ0) is 16.0. The Kier molecular flexibility index (Phi) is 7.23. The smallest absolute Gasteiger partial charge is 0.333 e. The first-order valence-corrected chi connectivity index (χ1v) is 6.63. The Hall–Kier alpha value is -1.03. The van der Waals surface area contributed by atoms with E-state index < -0.39 is 43.3 Å². The van der Waals surface area contributed by atoms with Crippen LogP contribution in [0.4, 0.5) is 0 Å². The number of hydrogen-bond acceptors (Lipinski definition) is 8. The first-order chi connectivity index (χ1) is 9.88. The van der Waals surface area contributed by atoms with Crippen LogP contribution in [0, 0.1) is 0 Å². The molecule has 0 saturated carbocycles. The van der Waals surface area contributed by atoms with Crippen molar-refractivity contribution < 1.29 is 39.4 Å². The van der Waals surface area contributed by atoms with E-state index in [4.69, 9.17) is 19.3 Å². The van der Waals surface area contributed by atoms with Crippen molar-refractivity contribution in [2.45, 2.75) is 44.1 Å². The SMILES string of the molecule is C=C(C)C(=O)OCCCOC1O[C@H](CO)[C@@H](O)[C@H](O)[C@@H]1O. The lowest BCUT2D eigenvalue weighted by atomic mass is 9.99. The van der Waals surface area contributed by atoms with Crippen molar-refractivity contribution in [3.8, 4) is 0 Å². The van der Waals surface area contributed by atoms with Gasteiger partial charge in [0, 0.05) is 12.0 Å². The number of carbonyl (C=O) groups excluding carboxylic acids is 1. The highest BCUT2D eigenvalue weighted by Gasteiger charge is 2.43.